The molecule has 0 aliphatic carbocycles. The fourth-order valence-electron chi connectivity index (χ4n) is 4.08. The number of hydrazine groups is 1. The molecular weight excluding hydrogens is 409 g/mol. The Balaban J connectivity index is 1.56. The van der Waals surface area contributed by atoms with Crippen LogP contribution in [0.15, 0.2) is 30.3 Å². The maximum absolute atomic E-state index is 13.1. The molecule has 3 N–H and O–H groups in total. The van der Waals surface area contributed by atoms with Crippen molar-refractivity contribution < 1.29 is 28.9 Å². The lowest BCUT2D eigenvalue weighted by atomic mass is 10.1. The van der Waals surface area contributed by atoms with Crippen LogP contribution < -0.4 is 5.09 Å². The number of carbonyl (C=O) groups is 2. The maximum atomic E-state index is 13.1. The second kappa shape index (κ2) is 10.4. The number of ether oxygens (including phenoxy) is 1. The highest BCUT2D eigenvalue weighted by molar-refractivity contribution is 7.55. The molecule has 0 aromatic heterocycles. The summed E-state index contributed by atoms with van der Waals surface area (Å²) < 4.78 is 17.6. The molecule has 9 nitrogen and oxygen atoms in total. The highest BCUT2D eigenvalue weighted by Gasteiger charge is 2.41. The Morgan fingerprint density at radius 1 is 1.17 bits per heavy atom. The number of amides is 1. The molecule has 3 atom stereocenters. The summed E-state index contributed by atoms with van der Waals surface area (Å²) in [4.78, 5) is 34.5. The van der Waals surface area contributed by atoms with E-state index in [1.54, 1.807) is 5.01 Å². The van der Waals surface area contributed by atoms with E-state index in [9.17, 15) is 19.0 Å². The van der Waals surface area contributed by atoms with Crippen LogP contribution in [0.3, 0.4) is 0 Å². The van der Waals surface area contributed by atoms with Crippen molar-refractivity contribution in [1.82, 2.24) is 15.1 Å². The van der Waals surface area contributed by atoms with Crippen molar-refractivity contribution in [2.75, 3.05) is 19.3 Å². The van der Waals surface area contributed by atoms with Gasteiger partial charge < -0.3 is 14.7 Å². The molecule has 2 aliphatic rings. The third-order valence-electron chi connectivity index (χ3n) is 5.49. The summed E-state index contributed by atoms with van der Waals surface area (Å²) in [5.41, 5.74) is 1.19. The van der Waals surface area contributed by atoms with E-state index < -0.39 is 31.9 Å². The maximum Gasteiger partial charge on any atom is 0.507 e. The summed E-state index contributed by atoms with van der Waals surface area (Å²) in [7, 11) is -3.71. The van der Waals surface area contributed by atoms with Crippen LogP contribution in [0.25, 0.3) is 0 Å². The van der Waals surface area contributed by atoms with Gasteiger partial charge in [0.15, 0.2) is 6.23 Å². The van der Waals surface area contributed by atoms with Crippen LogP contribution in [-0.4, -0.2) is 63.6 Å². The van der Waals surface area contributed by atoms with Crippen LogP contribution in [0.1, 0.15) is 44.1 Å². The van der Waals surface area contributed by atoms with Crippen LogP contribution in [0.5, 0.6) is 0 Å². The van der Waals surface area contributed by atoms with E-state index in [1.165, 1.54) is 10.6 Å². The zero-order chi connectivity index (χ0) is 21.6. The largest absolute Gasteiger partial charge is 0.507 e. The number of carboxylic acid groups (broad SMARTS) is 1. The fraction of sp³-hybridized carbons (Fsp3) is 0.600. The van der Waals surface area contributed by atoms with E-state index in [-0.39, 0.29) is 6.16 Å². The van der Waals surface area contributed by atoms with E-state index in [1.807, 2.05) is 30.3 Å². The number of nitrogens with zero attached hydrogens (tertiary/aromatic N) is 2. The van der Waals surface area contributed by atoms with Crippen molar-refractivity contribution in [3.05, 3.63) is 35.9 Å². The van der Waals surface area contributed by atoms with Gasteiger partial charge in [-0.2, -0.15) is 0 Å². The Labute approximate surface area is 176 Å². The van der Waals surface area contributed by atoms with Crippen LogP contribution in [-0.2, 0) is 20.5 Å². The van der Waals surface area contributed by atoms with Crippen LogP contribution >= 0.6 is 7.52 Å². The first kappa shape index (κ1) is 22.7. The lowest BCUT2D eigenvalue weighted by Gasteiger charge is -2.42. The first-order valence-corrected chi connectivity index (χ1v) is 12.3. The van der Waals surface area contributed by atoms with Gasteiger partial charge in [0.2, 0.25) is 0 Å². The first-order valence-electron chi connectivity index (χ1n) is 10.5. The molecule has 0 radical (unpaired) electrons. The van der Waals surface area contributed by atoms with Gasteiger partial charge in [-0.1, -0.05) is 30.3 Å². The number of nitrogens with one attached hydrogen (secondary N) is 1. The Bertz CT molecular complexity index is 777. The number of carbonyl (C=O) groups excluding carboxylic acids is 1. The summed E-state index contributed by atoms with van der Waals surface area (Å²) in [5.74, 6) is -0.406. The Morgan fingerprint density at radius 2 is 1.87 bits per heavy atom. The molecule has 2 saturated heterocycles. The second-order valence-corrected chi connectivity index (χ2v) is 9.92. The average Bonchev–Trinajstić information content (AvgIpc) is 2.85. The van der Waals surface area contributed by atoms with E-state index in [0.29, 0.717) is 38.8 Å². The number of hydrogen-bond donors (Lipinski definition) is 3. The Hall–Kier alpha value is -1.93. The number of hydrogen-bond acceptors (Lipinski definition) is 5. The third-order valence-corrected chi connectivity index (χ3v) is 7.13. The molecule has 0 saturated carbocycles. The van der Waals surface area contributed by atoms with Crippen molar-refractivity contribution in [2.45, 2.75) is 57.2 Å². The zero-order valence-corrected chi connectivity index (χ0v) is 17.9. The number of unbranched alkanes of at least 4 members (excludes halogenated alkanes) is 1. The van der Waals surface area contributed by atoms with Gasteiger partial charge in [0.05, 0.1) is 6.04 Å². The van der Waals surface area contributed by atoms with E-state index >= 15 is 0 Å². The van der Waals surface area contributed by atoms with Gasteiger partial charge in [0.1, 0.15) is 0 Å². The quantitative estimate of drug-likeness (QED) is 0.321. The average molecular weight is 439 g/mol. The van der Waals surface area contributed by atoms with Crippen LogP contribution in [0, 0.1) is 0 Å². The smallest absolute Gasteiger partial charge is 0.450 e. The minimum absolute atomic E-state index is 0.0857. The molecule has 10 heteroatoms. The second-order valence-electron chi connectivity index (χ2n) is 7.81. The topological polar surface area (TPSA) is 119 Å². The molecule has 1 aromatic rings. The Kier molecular flexibility index (Phi) is 7.88. The minimum Gasteiger partial charge on any atom is -0.450 e. The van der Waals surface area contributed by atoms with Gasteiger partial charge in [-0.25, -0.2) is 19.9 Å². The molecule has 30 heavy (non-hydrogen) atoms. The summed E-state index contributed by atoms with van der Waals surface area (Å²) in [6, 6.07) is 9.11. The lowest BCUT2D eigenvalue weighted by molar-refractivity contribution is -0.189. The van der Waals surface area contributed by atoms with E-state index in [4.69, 9.17) is 9.84 Å². The van der Waals surface area contributed by atoms with Gasteiger partial charge >= 0.3 is 6.16 Å². The SMILES string of the molecule is O=C(O)O[C@H]1CCCN2CCC[C@H](NP(=O)(O)CCCCc3ccccc3)C(=O)N12. The molecule has 2 aliphatic heterocycles. The number of fused-ring (bicyclic) bond motifs is 1. The number of rotatable bonds is 8. The van der Waals surface area contributed by atoms with Crippen molar-refractivity contribution in [3.63, 3.8) is 0 Å². The molecule has 0 spiro atoms. The Morgan fingerprint density at radius 3 is 2.57 bits per heavy atom. The summed E-state index contributed by atoms with van der Waals surface area (Å²) in [6.45, 7) is 1.21. The van der Waals surface area contributed by atoms with Gasteiger partial charge in [0.25, 0.3) is 13.4 Å². The normalized spacial score (nSPS) is 24.6. The standard InChI is InChI=1S/C20H30N3O6P/c24-19-17(11-6-13-22-14-7-12-18(23(19)22)29-20(25)26)21-30(27,28)15-5-4-10-16-8-2-1-3-9-16/h1-3,8-9,17-18H,4-7,10-15H2,(H,25,26)(H2,21,27,28)/t17-,18-/m0/s1. The predicted octanol–water partition coefficient (Wildman–Crippen LogP) is 2.81. The summed E-state index contributed by atoms with van der Waals surface area (Å²) >= 11 is 0. The van der Waals surface area contributed by atoms with Gasteiger partial charge in [-0.15, -0.1) is 0 Å². The van der Waals surface area contributed by atoms with Gasteiger partial charge in [0, 0.05) is 25.7 Å². The van der Waals surface area contributed by atoms with Gasteiger partial charge in [-0.05, 0) is 44.1 Å². The van der Waals surface area contributed by atoms with Crippen LogP contribution in [0.4, 0.5) is 4.79 Å². The van der Waals surface area contributed by atoms with Crippen molar-refractivity contribution >= 4 is 19.6 Å². The monoisotopic (exact) mass is 439 g/mol. The van der Waals surface area contributed by atoms with Gasteiger partial charge in [-0.3, -0.25) is 9.36 Å². The van der Waals surface area contributed by atoms with E-state index in [0.717, 1.165) is 19.3 Å². The van der Waals surface area contributed by atoms with Crippen molar-refractivity contribution in [1.29, 1.82) is 0 Å². The molecule has 1 amide bonds. The number of aryl methyl sites for hydroxylation is 1. The zero-order valence-electron chi connectivity index (χ0n) is 17.0. The highest BCUT2D eigenvalue weighted by Crippen LogP contribution is 2.39. The minimum atomic E-state index is -3.71. The first-order chi connectivity index (χ1) is 14.4. The molecule has 2 fully saturated rings. The molecule has 3 rings (SSSR count). The molecule has 1 unspecified atom stereocenters. The van der Waals surface area contributed by atoms with E-state index in [2.05, 4.69) is 5.09 Å². The lowest BCUT2D eigenvalue weighted by Crippen LogP contribution is -2.59. The molecule has 1 aromatic carbocycles. The molecule has 2 heterocycles. The highest BCUT2D eigenvalue weighted by atomic mass is 31.2. The summed E-state index contributed by atoms with van der Waals surface area (Å²) in [6.07, 6.45) is 2.15. The molecular formula is C20H30N3O6P. The fourth-order valence-corrected chi connectivity index (χ4v) is 5.58. The predicted molar refractivity (Wildman–Crippen MR) is 111 cm³/mol. The molecule has 0 bridgehead atoms. The van der Waals surface area contributed by atoms with Crippen LogP contribution in [0.2, 0.25) is 0 Å². The third kappa shape index (κ3) is 6.28. The summed E-state index contributed by atoms with van der Waals surface area (Å²) in [5, 5.41) is 14.8. The number of benzene rings is 1. The molecule has 166 valence electrons. The van der Waals surface area contributed by atoms with Crippen molar-refractivity contribution in [3.8, 4) is 0 Å². The van der Waals surface area contributed by atoms with Crippen molar-refractivity contribution in [2.24, 2.45) is 0 Å².